The number of nitrogens with two attached hydrogens (primary N) is 1. The Kier molecular flexibility index (Phi) is 3.08. The highest BCUT2D eigenvalue weighted by molar-refractivity contribution is 5.83. The number of nitrogen functional groups attached to an aromatic ring is 1. The Morgan fingerprint density at radius 2 is 2.00 bits per heavy atom. The maximum atomic E-state index is 6.34. The summed E-state index contributed by atoms with van der Waals surface area (Å²) in [4.78, 5) is 4.62. The average molecular weight is 304 g/mol. The number of hydrogen-bond donors (Lipinski definition) is 2. The van der Waals surface area contributed by atoms with Crippen molar-refractivity contribution >= 4 is 11.5 Å². The molecular weight excluding hydrogens is 288 g/mol. The van der Waals surface area contributed by atoms with Gasteiger partial charge in [-0.05, 0) is 18.1 Å². The second kappa shape index (κ2) is 5.24. The first-order valence-corrected chi connectivity index (χ1v) is 7.51. The van der Waals surface area contributed by atoms with Gasteiger partial charge in [0.1, 0.15) is 5.82 Å². The topological polar surface area (TPSA) is 84.9 Å². The minimum Gasteiger partial charge on any atom is -0.383 e. The zero-order chi connectivity index (χ0) is 15.8. The number of aromatic nitrogens is 5. The van der Waals surface area contributed by atoms with Gasteiger partial charge in [-0.3, -0.25) is 5.10 Å². The predicted octanol–water partition coefficient (Wildman–Crippen LogP) is 2.93. The smallest absolute Gasteiger partial charge is 0.165 e. The summed E-state index contributed by atoms with van der Waals surface area (Å²) in [6.45, 7) is 2.08. The SMILES string of the molecule is CCc1nn2c(N)c(-c3ccn[nH]3)cnc2c1-c1ccccc1. The first kappa shape index (κ1) is 13.5. The quantitative estimate of drug-likeness (QED) is 0.609. The van der Waals surface area contributed by atoms with Crippen molar-refractivity contribution in [2.24, 2.45) is 0 Å². The molecule has 3 heterocycles. The van der Waals surface area contributed by atoms with E-state index >= 15 is 0 Å². The summed E-state index contributed by atoms with van der Waals surface area (Å²) in [5, 5.41) is 11.6. The summed E-state index contributed by atoms with van der Waals surface area (Å²) in [6, 6.07) is 12.0. The molecule has 0 aliphatic rings. The van der Waals surface area contributed by atoms with Gasteiger partial charge in [0.25, 0.3) is 0 Å². The van der Waals surface area contributed by atoms with Crippen LogP contribution in [-0.4, -0.2) is 24.8 Å². The van der Waals surface area contributed by atoms with Crippen LogP contribution in [0.1, 0.15) is 12.6 Å². The van der Waals surface area contributed by atoms with Gasteiger partial charge in [0.15, 0.2) is 5.65 Å². The number of rotatable bonds is 3. The second-order valence-corrected chi connectivity index (χ2v) is 5.30. The fourth-order valence-electron chi connectivity index (χ4n) is 2.81. The average Bonchev–Trinajstić information content (AvgIpc) is 3.23. The number of nitrogens with zero attached hydrogens (tertiary/aromatic N) is 4. The lowest BCUT2D eigenvalue weighted by atomic mass is 10.0. The third kappa shape index (κ3) is 2.07. The van der Waals surface area contributed by atoms with Crippen LogP contribution in [0.25, 0.3) is 28.0 Å². The molecular formula is C17H16N6. The van der Waals surface area contributed by atoms with Crippen molar-refractivity contribution in [1.82, 2.24) is 24.8 Å². The fourth-order valence-corrected chi connectivity index (χ4v) is 2.81. The van der Waals surface area contributed by atoms with Gasteiger partial charge in [-0.15, -0.1) is 0 Å². The van der Waals surface area contributed by atoms with E-state index in [0.29, 0.717) is 5.82 Å². The number of anilines is 1. The molecule has 23 heavy (non-hydrogen) atoms. The Hall–Kier alpha value is -3.15. The molecule has 0 fully saturated rings. The molecule has 114 valence electrons. The molecule has 0 aliphatic heterocycles. The zero-order valence-corrected chi connectivity index (χ0v) is 12.7. The number of aromatic amines is 1. The number of benzene rings is 1. The van der Waals surface area contributed by atoms with E-state index in [1.54, 1.807) is 16.9 Å². The molecule has 0 spiro atoms. The lowest BCUT2D eigenvalue weighted by Crippen LogP contribution is -2.03. The third-order valence-corrected chi connectivity index (χ3v) is 3.94. The number of nitrogens with one attached hydrogen (secondary N) is 1. The Labute approximate surface area is 133 Å². The van der Waals surface area contributed by atoms with E-state index in [2.05, 4.69) is 39.3 Å². The third-order valence-electron chi connectivity index (χ3n) is 3.94. The van der Waals surface area contributed by atoms with E-state index in [4.69, 9.17) is 5.73 Å². The Balaban J connectivity index is 2.00. The number of H-pyrrole nitrogens is 1. The molecule has 0 saturated carbocycles. The van der Waals surface area contributed by atoms with Crippen molar-refractivity contribution < 1.29 is 0 Å². The minimum atomic E-state index is 0.552. The zero-order valence-electron chi connectivity index (χ0n) is 12.7. The van der Waals surface area contributed by atoms with Gasteiger partial charge in [0, 0.05) is 18.0 Å². The highest BCUT2D eigenvalue weighted by Gasteiger charge is 2.18. The molecule has 0 aliphatic carbocycles. The Bertz CT molecular complexity index is 954. The molecule has 0 unspecified atom stereocenters. The predicted molar refractivity (Wildman–Crippen MR) is 89.8 cm³/mol. The van der Waals surface area contributed by atoms with Crippen molar-refractivity contribution in [1.29, 1.82) is 0 Å². The van der Waals surface area contributed by atoms with Gasteiger partial charge in [-0.2, -0.15) is 14.7 Å². The molecule has 3 aromatic heterocycles. The highest BCUT2D eigenvalue weighted by Crippen LogP contribution is 2.31. The van der Waals surface area contributed by atoms with Gasteiger partial charge in [-0.1, -0.05) is 37.3 Å². The van der Waals surface area contributed by atoms with Gasteiger partial charge >= 0.3 is 0 Å². The monoisotopic (exact) mass is 304 g/mol. The van der Waals surface area contributed by atoms with Crippen molar-refractivity contribution in [2.45, 2.75) is 13.3 Å². The lowest BCUT2D eigenvalue weighted by Gasteiger charge is -2.05. The Morgan fingerprint density at radius 1 is 1.17 bits per heavy atom. The number of hydrogen-bond acceptors (Lipinski definition) is 4. The molecule has 0 radical (unpaired) electrons. The fraction of sp³-hybridized carbons (Fsp3) is 0.118. The normalized spacial score (nSPS) is 11.2. The molecule has 0 atom stereocenters. The molecule has 3 N–H and O–H groups in total. The van der Waals surface area contributed by atoms with Crippen LogP contribution in [0.15, 0.2) is 48.8 Å². The largest absolute Gasteiger partial charge is 0.383 e. The van der Waals surface area contributed by atoms with Crippen LogP contribution in [0.2, 0.25) is 0 Å². The number of aryl methyl sites for hydroxylation is 1. The maximum Gasteiger partial charge on any atom is 0.165 e. The summed E-state index contributed by atoms with van der Waals surface area (Å²) >= 11 is 0. The molecule has 0 amide bonds. The van der Waals surface area contributed by atoms with E-state index in [1.807, 2.05) is 24.3 Å². The van der Waals surface area contributed by atoms with Gasteiger partial charge in [0.2, 0.25) is 0 Å². The van der Waals surface area contributed by atoms with E-state index in [9.17, 15) is 0 Å². The van der Waals surface area contributed by atoms with Crippen LogP contribution in [0.3, 0.4) is 0 Å². The molecule has 0 saturated heterocycles. The van der Waals surface area contributed by atoms with Gasteiger partial charge in [0.05, 0.1) is 17.0 Å². The summed E-state index contributed by atoms with van der Waals surface area (Å²) < 4.78 is 1.72. The van der Waals surface area contributed by atoms with E-state index in [1.165, 1.54) is 0 Å². The van der Waals surface area contributed by atoms with Crippen molar-refractivity contribution in [3.05, 3.63) is 54.5 Å². The van der Waals surface area contributed by atoms with Gasteiger partial charge in [-0.25, -0.2) is 4.98 Å². The molecule has 0 bridgehead atoms. The molecule has 6 nitrogen and oxygen atoms in total. The molecule has 6 heteroatoms. The molecule has 4 rings (SSSR count). The summed E-state index contributed by atoms with van der Waals surface area (Å²) in [5.41, 5.74) is 11.8. The Morgan fingerprint density at radius 3 is 2.70 bits per heavy atom. The molecule has 4 aromatic rings. The van der Waals surface area contributed by atoms with Crippen molar-refractivity contribution in [3.8, 4) is 22.4 Å². The van der Waals surface area contributed by atoms with E-state index in [-0.39, 0.29) is 0 Å². The van der Waals surface area contributed by atoms with Crippen LogP contribution in [0.5, 0.6) is 0 Å². The van der Waals surface area contributed by atoms with Gasteiger partial charge < -0.3 is 5.73 Å². The minimum absolute atomic E-state index is 0.552. The summed E-state index contributed by atoms with van der Waals surface area (Å²) in [6.07, 6.45) is 4.27. The van der Waals surface area contributed by atoms with E-state index in [0.717, 1.165) is 40.1 Å². The highest BCUT2D eigenvalue weighted by atomic mass is 15.3. The van der Waals surface area contributed by atoms with Crippen LogP contribution in [0.4, 0.5) is 5.82 Å². The van der Waals surface area contributed by atoms with Crippen LogP contribution >= 0.6 is 0 Å². The van der Waals surface area contributed by atoms with Crippen molar-refractivity contribution in [3.63, 3.8) is 0 Å². The van der Waals surface area contributed by atoms with Crippen LogP contribution in [-0.2, 0) is 6.42 Å². The van der Waals surface area contributed by atoms with Crippen LogP contribution in [0, 0.1) is 0 Å². The number of fused-ring (bicyclic) bond motifs is 1. The summed E-state index contributed by atoms with van der Waals surface area (Å²) in [5.74, 6) is 0.552. The van der Waals surface area contributed by atoms with E-state index < -0.39 is 0 Å². The first-order chi connectivity index (χ1) is 11.3. The summed E-state index contributed by atoms with van der Waals surface area (Å²) in [7, 11) is 0. The maximum absolute atomic E-state index is 6.34. The second-order valence-electron chi connectivity index (χ2n) is 5.30. The molecule has 1 aromatic carbocycles. The van der Waals surface area contributed by atoms with Crippen molar-refractivity contribution in [2.75, 3.05) is 5.73 Å². The van der Waals surface area contributed by atoms with Crippen LogP contribution < -0.4 is 5.73 Å². The lowest BCUT2D eigenvalue weighted by molar-refractivity contribution is 0.897. The standard InChI is InChI=1S/C17H16N6/c1-2-13-15(11-6-4-3-5-7-11)17-19-10-12(14-8-9-20-21-14)16(18)23(17)22-13/h3-10H,2,18H2,1H3,(H,20,21). The first-order valence-electron chi connectivity index (χ1n) is 7.51.